The molecule has 0 amide bonds. The normalized spacial score (nSPS) is 16.0. The molecule has 1 saturated carbocycles. The molecule has 1 atom stereocenters. The van der Waals surface area contributed by atoms with Gasteiger partial charge in [0.05, 0.1) is 26.7 Å². The van der Waals surface area contributed by atoms with E-state index in [4.69, 9.17) is 24.7 Å². The highest BCUT2D eigenvalue weighted by molar-refractivity contribution is 5.85. The molecule has 1 unspecified atom stereocenters. The Kier molecular flexibility index (Phi) is 14.0. The molecule has 0 aliphatic heterocycles. The number of hydrogen-bond acceptors (Lipinski definition) is 9. The lowest BCUT2D eigenvalue weighted by molar-refractivity contribution is -0.757. The van der Waals surface area contributed by atoms with E-state index in [1.54, 1.807) is 12.1 Å². The lowest BCUT2D eigenvalue weighted by Crippen LogP contribution is -2.35. The number of benzene rings is 1. The van der Waals surface area contributed by atoms with E-state index < -0.39 is 11.4 Å². The van der Waals surface area contributed by atoms with Crippen molar-refractivity contribution >= 4 is 18.4 Å². The van der Waals surface area contributed by atoms with Crippen LogP contribution in [0.4, 0.5) is 0 Å². The highest BCUT2D eigenvalue weighted by Crippen LogP contribution is 2.38. The van der Waals surface area contributed by atoms with Gasteiger partial charge in [-0.15, -0.1) is 22.5 Å². The fourth-order valence-corrected chi connectivity index (χ4v) is 3.76. The van der Waals surface area contributed by atoms with E-state index in [2.05, 4.69) is 4.84 Å². The molecule has 0 spiro atoms. The second-order valence-corrected chi connectivity index (χ2v) is 8.05. The van der Waals surface area contributed by atoms with Crippen LogP contribution in [-0.2, 0) is 23.8 Å². The van der Waals surface area contributed by atoms with Gasteiger partial charge in [0, 0.05) is 0 Å². The van der Waals surface area contributed by atoms with Gasteiger partial charge in [0.2, 0.25) is 0 Å². The van der Waals surface area contributed by atoms with Crippen LogP contribution >= 0.6 is 12.4 Å². The van der Waals surface area contributed by atoms with Gasteiger partial charge in [-0.25, -0.2) is 0 Å². The minimum atomic E-state index is -0.972. The summed E-state index contributed by atoms with van der Waals surface area (Å²) in [6.45, 7) is 0.656. The first kappa shape index (κ1) is 29.5. The molecule has 2 rings (SSSR count). The molecule has 0 aromatic heterocycles. The maximum Gasteiger partial charge on any atom is 0.311 e. The number of nitrogens with zero attached hydrogens (tertiary/aromatic N) is 1. The van der Waals surface area contributed by atoms with Gasteiger partial charge in [0.15, 0.2) is 5.76 Å². The molecule has 0 saturated heterocycles. The Morgan fingerprint density at radius 2 is 1.85 bits per heavy atom. The second kappa shape index (κ2) is 16.1. The molecule has 34 heavy (non-hydrogen) atoms. The Morgan fingerprint density at radius 1 is 1.18 bits per heavy atom. The molecule has 1 aliphatic rings. The third kappa shape index (κ3) is 10.6. The summed E-state index contributed by atoms with van der Waals surface area (Å²) in [4.78, 5) is 27.0. The maximum absolute atomic E-state index is 12.5. The largest absolute Gasteiger partial charge is 0.492 e. The van der Waals surface area contributed by atoms with Crippen molar-refractivity contribution in [1.82, 2.24) is 0 Å². The third-order valence-electron chi connectivity index (χ3n) is 5.63. The molecular weight excluding hydrogens is 468 g/mol. The van der Waals surface area contributed by atoms with E-state index in [1.165, 1.54) is 19.8 Å². The predicted molar refractivity (Wildman–Crippen MR) is 127 cm³/mol. The first-order chi connectivity index (χ1) is 16.0. The lowest BCUT2D eigenvalue weighted by Gasteiger charge is -2.35. The second-order valence-electron chi connectivity index (χ2n) is 8.05. The zero-order chi connectivity index (χ0) is 23.9. The van der Waals surface area contributed by atoms with E-state index in [0.29, 0.717) is 25.1 Å². The Bertz CT molecular complexity index is 757. The average Bonchev–Trinajstić information content (AvgIpc) is 2.82. The highest BCUT2D eigenvalue weighted by atomic mass is 35.5. The lowest BCUT2D eigenvalue weighted by atomic mass is 9.72. The van der Waals surface area contributed by atoms with Gasteiger partial charge in [-0.3, -0.25) is 4.79 Å². The van der Waals surface area contributed by atoms with E-state index in [0.717, 1.165) is 25.7 Å². The number of esters is 1. The third-order valence-corrected chi connectivity index (χ3v) is 5.63. The molecule has 10 nitrogen and oxygen atoms in total. The van der Waals surface area contributed by atoms with Gasteiger partial charge < -0.3 is 29.5 Å². The number of carbonyl (C=O) groups is 1. The molecule has 11 heteroatoms. The van der Waals surface area contributed by atoms with Crippen molar-refractivity contribution in [2.24, 2.45) is 11.1 Å². The summed E-state index contributed by atoms with van der Waals surface area (Å²) in [5.41, 5.74) is 5.77. The molecule has 2 N–H and O–H groups in total. The SMILES string of the molecule is CO/C(=C\OC(=O)CC1(CN)CCCCC1)C(OCCCCO[N+](=O)[O-])Oc1ccccc1.Cl. The van der Waals surface area contributed by atoms with Crippen LogP contribution in [0.5, 0.6) is 5.75 Å². The zero-order valence-corrected chi connectivity index (χ0v) is 20.3. The fraction of sp³-hybridized carbons (Fsp3) is 0.609. The Morgan fingerprint density at radius 3 is 2.47 bits per heavy atom. The van der Waals surface area contributed by atoms with Gasteiger partial charge in [0.25, 0.3) is 11.4 Å². The van der Waals surface area contributed by atoms with Gasteiger partial charge >= 0.3 is 5.97 Å². The smallest absolute Gasteiger partial charge is 0.311 e. The number of para-hydroxylation sites is 1. The van der Waals surface area contributed by atoms with Crippen molar-refractivity contribution in [2.75, 3.05) is 26.9 Å². The molecule has 0 heterocycles. The molecule has 1 aromatic carbocycles. The quantitative estimate of drug-likeness (QED) is 0.0937. The van der Waals surface area contributed by atoms with Crippen LogP contribution in [0, 0.1) is 15.5 Å². The Hall–Kier alpha value is -2.56. The minimum absolute atomic E-state index is 0. The van der Waals surface area contributed by atoms with Gasteiger partial charge in [-0.2, -0.15) is 0 Å². The van der Waals surface area contributed by atoms with Gasteiger partial charge in [-0.1, -0.05) is 37.5 Å². The van der Waals surface area contributed by atoms with Crippen molar-refractivity contribution in [2.45, 2.75) is 57.7 Å². The van der Waals surface area contributed by atoms with Crippen molar-refractivity contribution in [3.05, 3.63) is 52.5 Å². The number of ether oxygens (including phenoxy) is 4. The van der Waals surface area contributed by atoms with Gasteiger partial charge in [-0.05, 0) is 49.8 Å². The summed E-state index contributed by atoms with van der Waals surface area (Å²) in [6.07, 6.45) is 6.55. The first-order valence-electron chi connectivity index (χ1n) is 11.2. The standard InChI is InChI=1S/C23H34N2O8.ClH/c1-29-20(17-31-21(26)16-23(18-24)12-6-3-7-13-23)22(33-19-10-4-2-5-11-19)30-14-8-9-15-32-25(27)28;/h2,4-5,10-11,17,22H,3,6-9,12-16,18,24H2,1H3;1H/b20-17-;. The van der Waals surface area contributed by atoms with E-state index in [9.17, 15) is 14.9 Å². The first-order valence-corrected chi connectivity index (χ1v) is 11.2. The molecular formula is C23H35ClN2O8. The summed E-state index contributed by atoms with van der Waals surface area (Å²) in [5.74, 6) is 0.337. The average molecular weight is 503 g/mol. The van der Waals surface area contributed by atoms with E-state index in [1.807, 2.05) is 18.2 Å². The van der Waals surface area contributed by atoms with Crippen LogP contribution in [0.1, 0.15) is 51.4 Å². The molecule has 0 bridgehead atoms. The predicted octanol–water partition coefficient (Wildman–Crippen LogP) is 4.15. The van der Waals surface area contributed by atoms with E-state index >= 15 is 0 Å². The van der Waals surface area contributed by atoms with E-state index in [-0.39, 0.29) is 49.2 Å². The summed E-state index contributed by atoms with van der Waals surface area (Å²) < 4.78 is 22.4. The zero-order valence-electron chi connectivity index (χ0n) is 19.5. The number of halogens is 1. The topological polar surface area (TPSA) is 132 Å². The summed E-state index contributed by atoms with van der Waals surface area (Å²) >= 11 is 0. The fourth-order valence-electron chi connectivity index (χ4n) is 3.76. The number of rotatable bonds is 15. The monoisotopic (exact) mass is 502 g/mol. The molecule has 1 aromatic rings. The van der Waals surface area contributed by atoms with Crippen LogP contribution in [0.2, 0.25) is 0 Å². The van der Waals surface area contributed by atoms with Crippen molar-refractivity contribution in [3.63, 3.8) is 0 Å². The minimum Gasteiger partial charge on any atom is -0.492 e. The van der Waals surface area contributed by atoms with Crippen LogP contribution in [0.25, 0.3) is 0 Å². The maximum atomic E-state index is 12.5. The number of hydrogen-bond donors (Lipinski definition) is 1. The van der Waals surface area contributed by atoms with Crippen LogP contribution < -0.4 is 10.5 Å². The number of methoxy groups -OCH3 is 1. The van der Waals surface area contributed by atoms with Gasteiger partial charge in [0.1, 0.15) is 12.0 Å². The molecule has 0 radical (unpaired) electrons. The Labute approximate surface area is 206 Å². The van der Waals surface area contributed by atoms with Crippen LogP contribution in [-0.4, -0.2) is 44.2 Å². The van der Waals surface area contributed by atoms with Crippen molar-refractivity contribution in [3.8, 4) is 5.75 Å². The van der Waals surface area contributed by atoms with Crippen molar-refractivity contribution < 1.29 is 33.7 Å². The number of unbranched alkanes of at least 4 members (excludes halogenated alkanes) is 1. The summed E-state index contributed by atoms with van der Waals surface area (Å²) in [6, 6.07) is 9.00. The number of nitrogens with two attached hydrogens (primary N) is 1. The highest BCUT2D eigenvalue weighted by Gasteiger charge is 2.33. The molecule has 192 valence electrons. The Balaban J connectivity index is 0.00000578. The molecule has 1 aliphatic carbocycles. The number of carbonyl (C=O) groups excluding carboxylic acids is 1. The van der Waals surface area contributed by atoms with Crippen LogP contribution in [0.3, 0.4) is 0 Å². The summed E-state index contributed by atoms with van der Waals surface area (Å²) in [7, 11) is 1.43. The summed E-state index contributed by atoms with van der Waals surface area (Å²) in [5, 5.41) is 9.39. The molecule has 1 fully saturated rings. The van der Waals surface area contributed by atoms with Crippen LogP contribution in [0.15, 0.2) is 42.4 Å². The van der Waals surface area contributed by atoms with Crippen molar-refractivity contribution in [1.29, 1.82) is 0 Å².